The zero-order chi connectivity index (χ0) is 13.0. The van der Waals surface area contributed by atoms with Gasteiger partial charge < -0.3 is 4.42 Å². The summed E-state index contributed by atoms with van der Waals surface area (Å²) in [6, 6.07) is 11.4. The molecule has 1 aromatic heterocycles. The van der Waals surface area contributed by atoms with Gasteiger partial charge in [-0.25, -0.2) is 0 Å². The molecular formula is C14H13Cl3O. The van der Waals surface area contributed by atoms with Gasteiger partial charge in [-0.05, 0) is 23.8 Å². The molecule has 4 heteroatoms. The second kappa shape index (κ2) is 6.01. The maximum Gasteiger partial charge on any atom is 0.104 e. The molecule has 18 heavy (non-hydrogen) atoms. The zero-order valence-corrected chi connectivity index (χ0v) is 12.0. The molecule has 0 atom stereocenters. The third kappa shape index (κ3) is 2.69. The molecule has 0 amide bonds. The molecule has 96 valence electrons. The van der Waals surface area contributed by atoms with Crippen LogP contribution in [0.25, 0.3) is 0 Å². The van der Waals surface area contributed by atoms with Gasteiger partial charge in [-0.1, -0.05) is 29.8 Å². The molecule has 1 heterocycles. The van der Waals surface area contributed by atoms with E-state index in [4.69, 9.17) is 39.2 Å². The van der Waals surface area contributed by atoms with Crippen LogP contribution < -0.4 is 0 Å². The van der Waals surface area contributed by atoms with Crippen molar-refractivity contribution in [1.29, 1.82) is 0 Å². The lowest BCUT2D eigenvalue weighted by molar-refractivity contribution is 0.437. The molecule has 0 fully saturated rings. The molecule has 0 unspecified atom stereocenters. The number of furan rings is 1. The summed E-state index contributed by atoms with van der Waals surface area (Å²) in [5, 5.41) is 0.686. The lowest BCUT2D eigenvalue weighted by atomic mass is 9.80. The summed E-state index contributed by atoms with van der Waals surface area (Å²) in [7, 11) is 0. The second-order valence-corrected chi connectivity index (χ2v) is 5.23. The molecule has 0 spiro atoms. The average molecular weight is 304 g/mol. The number of hydrogen-bond donors (Lipinski definition) is 0. The molecule has 0 N–H and O–H groups in total. The highest BCUT2D eigenvalue weighted by atomic mass is 35.5. The molecule has 0 aliphatic rings. The number of halogens is 3. The predicted molar refractivity (Wildman–Crippen MR) is 77.0 cm³/mol. The number of hydrogen-bond acceptors (Lipinski definition) is 1. The quantitative estimate of drug-likeness (QED) is 0.717. The Kier molecular flexibility index (Phi) is 4.60. The van der Waals surface area contributed by atoms with Gasteiger partial charge in [-0.15, -0.1) is 23.2 Å². The molecular weight excluding hydrogens is 291 g/mol. The van der Waals surface area contributed by atoms with E-state index in [0.717, 1.165) is 11.3 Å². The minimum atomic E-state index is -0.403. The van der Waals surface area contributed by atoms with Gasteiger partial charge in [0, 0.05) is 28.6 Å². The molecule has 0 aliphatic carbocycles. The van der Waals surface area contributed by atoms with Crippen LogP contribution in [0, 0.1) is 0 Å². The summed E-state index contributed by atoms with van der Waals surface area (Å²) in [5.74, 6) is 1.64. The van der Waals surface area contributed by atoms with Gasteiger partial charge in [-0.2, -0.15) is 0 Å². The lowest BCUT2D eigenvalue weighted by Gasteiger charge is -2.30. The third-order valence-electron chi connectivity index (χ3n) is 3.05. The van der Waals surface area contributed by atoms with E-state index < -0.39 is 5.41 Å². The van der Waals surface area contributed by atoms with Crippen molar-refractivity contribution < 1.29 is 4.42 Å². The average Bonchev–Trinajstić information content (AvgIpc) is 2.90. The van der Waals surface area contributed by atoms with Crippen molar-refractivity contribution in [2.24, 2.45) is 0 Å². The van der Waals surface area contributed by atoms with E-state index in [0.29, 0.717) is 23.2 Å². The fourth-order valence-electron chi connectivity index (χ4n) is 2.01. The van der Waals surface area contributed by atoms with E-state index in [9.17, 15) is 0 Å². The SMILES string of the molecule is ClCC(CCl)(Cc1ccco1)c1ccccc1Cl. The Morgan fingerprint density at radius 3 is 2.28 bits per heavy atom. The molecule has 0 saturated heterocycles. The first-order valence-corrected chi connectivity index (χ1v) is 7.06. The van der Waals surface area contributed by atoms with E-state index in [1.54, 1.807) is 6.26 Å². The van der Waals surface area contributed by atoms with Crippen molar-refractivity contribution in [1.82, 2.24) is 0 Å². The van der Waals surface area contributed by atoms with Crippen molar-refractivity contribution in [2.75, 3.05) is 11.8 Å². The van der Waals surface area contributed by atoms with Crippen LogP contribution in [-0.4, -0.2) is 11.8 Å². The minimum Gasteiger partial charge on any atom is -0.469 e. The summed E-state index contributed by atoms with van der Waals surface area (Å²) in [6.45, 7) is 0. The number of benzene rings is 1. The lowest BCUT2D eigenvalue weighted by Crippen LogP contribution is -2.33. The highest BCUT2D eigenvalue weighted by Gasteiger charge is 2.33. The Bertz CT molecular complexity index is 490. The van der Waals surface area contributed by atoms with Gasteiger partial charge in [0.15, 0.2) is 0 Å². The van der Waals surface area contributed by atoms with Crippen molar-refractivity contribution in [2.45, 2.75) is 11.8 Å². The first kappa shape index (κ1) is 13.8. The van der Waals surface area contributed by atoms with Crippen LogP contribution >= 0.6 is 34.8 Å². The topological polar surface area (TPSA) is 13.1 Å². The Labute approximate surface area is 122 Å². The Balaban J connectivity index is 2.40. The predicted octanol–water partition coefficient (Wildman–Crippen LogP) is 4.89. The van der Waals surface area contributed by atoms with Gasteiger partial charge >= 0.3 is 0 Å². The minimum absolute atomic E-state index is 0.390. The van der Waals surface area contributed by atoms with Crippen LogP contribution in [0.3, 0.4) is 0 Å². The summed E-state index contributed by atoms with van der Waals surface area (Å²) < 4.78 is 5.39. The van der Waals surface area contributed by atoms with Crippen LogP contribution in [0.5, 0.6) is 0 Å². The van der Waals surface area contributed by atoms with Crippen molar-refractivity contribution >= 4 is 34.8 Å². The normalized spacial score (nSPS) is 11.7. The second-order valence-electron chi connectivity index (χ2n) is 4.28. The summed E-state index contributed by atoms with van der Waals surface area (Å²) >= 11 is 18.6. The molecule has 0 aliphatic heterocycles. The molecule has 1 nitrogen and oxygen atoms in total. The molecule has 0 radical (unpaired) electrons. The molecule has 0 bridgehead atoms. The van der Waals surface area contributed by atoms with Crippen LogP contribution in [0.2, 0.25) is 5.02 Å². The van der Waals surface area contributed by atoms with E-state index in [1.165, 1.54) is 0 Å². The Morgan fingerprint density at radius 2 is 1.72 bits per heavy atom. The smallest absolute Gasteiger partial charge is 0.104 e. The fourth-order valence-corrected chi connectivity index (χ4v) is 3.11. The van der Waals surface area contributed by atoms with Crippen LogP contribution in [0.1, 0.15) is 11.3 Å². The first-order chi connectivity index (χ1) is 8.72. The van der Waals surface area contributed by atoms with Gasteiger partial charge in [0.05, 0.1) is 6.26 Å². The van der Waals surface area contributed by atoms with E-state index in [2.05, 4.69) is 0 Å². The van der Waals surface area contributed by atoms with Gasteiger partial charge in [0.1, 0.15) is 5.76 Å². The zero-order valence-electron chi connectivity index (χ0n) is 9.70. The Morgan fingerprint density at radius 1 is 1.00 bits per heavy atom. The van der Waals surface area contributed by atoms with Crippen molar-refractivity contribution in [3.63, 3.8) is 0 Å². The number of alkyl halides is 2. The summed E-state index contributed by atoms with van der Waals surface area (Å²) in [6.07, 6.45) is 2.28. The third-order valence-corrected chi connectivity index (χ3v) is 4.40. The number of rotatable bonds is 5. The van der Waals surface area contributed by atoms with E-state index >= 15 is 0 Å². The van der Waals surface area contributed by atoms with Crippen LogP contribution in [-0.2, 0) is 11.8 Å². The first-order valence-electron chi connectivity index (χ1n) is 5.61. The van der Waals surface area contributed by atoms with E-state index in [-0.39, 0.29) is 0 Å². The fraction of sp³-hybridized carbons (Fsp3) is 0.286. The van der Waals surface area contributed by atoms with Crippen molar-refractivity contribution in [3.05, 3.63) is 59.0 Å². The maximum absolute atomic E-state index is 6.26. The molecule has 2 aromatic rings. The highest BCUT2D eigenvalue weighted by Crippen LogP contribution is 2.36. The monoisotopic (exact) mass is 302 g/mol. The Hall–Kier alpha value is -0.630. The summed E-state index contributed by atoms with van der Waals surface area (Å²) in [4.78, 5) is 0. The maximum atomic E-state index is 6.26. The standard InChI is InChI=1S/C14H13Cl3O/c15-9-14(10-16,8-11-4-3-7-18-11)12-5-1-2-6-13(12)17/h1-7H,8-10H2. The molecule has 2 rings (SSSR count). The summed E-state index contributed by atoms with van der Waals surface area (Å²) in [5.41, 5.74) is 0.562. The van der Waals surface area contributed by atoms with Gasteiger partial charge in [0.25, 0.3) is 0 Å². The van der Waals surface area contributed by atoms with Crippen molar-refractivity contribution in [3.8, 4) is 0 Å². The van der Waals surface area contributed by atoms with Gasteiger partial charge in [-0.3, -0.25) is 0 Å². The van der Waals surface area contributed by atoms with Gasteiger partial charge in [0.2, 0.25) is 0 Å². The molecule has 1 aromatic carbocycles. The van der Waals surface area contributed by atoms with Crippen LogP contribution in [0.4, 0.5) is 0 Å². The van der Waals surface area contributed by atoms with E-state index in [1.807, 2.05) is 36.4 Å². The molecule has 0 saturated carbocycles. The highest BCUT2D eigenvalue weighted by molar-refractivity contribution is 6.32. The van der Waals surface area contributed by atoms with Crippen LogP contribution in [0.15, 0.2) is 47.1 Å². The largest absolute Gasteiger partial charge is 0.469 e.